The highest BCUT2D eigenvalue weighted by Gasteiger charge is 2.35. The van der Waals surface area contributed by atoms with Crippen molar-refractivity contribution in [2.24, 2.45) is 11.3 Å². The number of rotatable bonds is 4. The standard InChI is InChI=1S/C26H30F3N3O2/c1-15-10-19(14-25(3,4)13-15)32-22-11-16(2)20(23(33)34-5)12-21(22)31-24(32)30-18-8-6-17(7-9-18)26(27,28)29/h6-9,11-12,15,19H,10,13-14H2,1-5H3,(H,30,31)/t15?,19-/m1/s1. The Hall–Kier alpha value is -3.03. The second-order valence-corrected chi connectivity index (χ2v) is 10.2. The van der Waals surface area contributed by atoms with Gasteiger partial charge in [0.05, 0.1) is 29.3 Å². The first-order valence-electron chi connectivity index (χ1n) is 11.4. The number of anilines is 2. The number of carbonyl (C=O) groups is 1. The van der Waals surface area contributed by atoms with Gasteiger partial charge in [0.1, 0.15) is 0 Å². The third kappa shape index (κ3) is 4.76. The molecule has 1 N–H and O–H groups in total. The van der Waals surface area contributed by atoms with Crippen LogP contribution in [-0.4, -0.2) is 22.6 Å². The summed E-state index contributed by atoms with van der Waals surface area (Å²) in [7, 11) is 1.34. The van der Waals surface area contributed by atoms with Gasteiger partial charge in [-0.15, -0.1) is 0 Å². The second-order valence-electron chi connectivity index (χ2n) is 10.2. The number of hydrogen-bond donors (Lipinski definition) is 1. The van der Waals surface area contributed by atoms with Crippen molar-refractivity contribution in [1.29, 1.82) is 0 Å². The molecular weight excluding hydrogens is 443 g/mol. The lowest BCUT2D eigenvalue weighted by Crippen LogP contribution is -2.29. The molecular formula is C26H30F3N3O2. The zero-order chi connectivity index (χ0) is 24.8. The number of nitrogens with one attached hydrogen (secondary N) is 1. The van der Waals surface area contributed by atoms with Gasteiger partial charge < -0.3 is 14.6 Å². The van der Waals surface area contributed by atoms with E-state index in [1.54, 1.807) is 6.07 Å². The molecule has 1 fully saturated rings. The number of imidazole rings is 1. The Labute approximate surface area is 197 Å². The van der Waals surface area contributed by atoms with Crippen molar-refractivity contribution in [3.8, 4) is 0 Å². The Morgan fingerprint density at radius 2 is 1.85 bits per heavy atom. The fourth-order valence-corrected chi connectivity index (χ4v) is 5.40. The number of aromatic nitrogens is 2. The highest BCUT2D eigenvalue weighted by atomic mass is 19.4. The number of nitrogens with zero attached hydrogens (tertiary/aromatic N) is 2. The summed E-state index contributed by atoms with van der Waals surface area (Å²) < 4.78 is 46.1. The van der Waals surface area contributed by atoms with Gasteiger partial charge in [0.15, 0.2) is 0 Å². The van der Waals surface area contributed by atoms with Gasteiger partial charge in [-0.05, 0) is 79.5 Å². The van der Waals surface area contributed by atoms with Crippen LogP contribution in [0.15, 0.2) is 36.4 Å². The molecule has 1 saturated carbocycles. The van der Waals surface area contributed by atoms with Gasteiger partial charge in [0.2, 0.25) is 5.95 Å². The molecule has 0 saturated heterocycles. The Bertz CT molecular complexity index is 1210. The van der Waals surface area contributed by atoms with Crippen molar-refractivity contribution in [1.82, 2.24) is 9.55 Å². The molecule has 0 bridgehead atoms. The minimum atomic E-state index is -4.39. The SMILES string of the molecule is COC(=O)c1cc2nc(Nc3ccc(C(F)(F)F)cc3)n([C@@H]3CC(C)CC(C)(C)C3)c2cc1C. The van der Waals surface area contributed by atoms with E-state index in [1.165, 1.54) is 19.2 Å². The van der Waals surface area contributed by atoms with E-state index in [0.717, 1.165) is 42.5 Å². The number of methoxy groups -OCH3 is 1. The average Bonchev–Trinajstić information content (AvgIpc) is 3.07. The summed E-state index contributed by atoms with van der Waals surface area (Å²) in [6, 6.07) is 8.75. The molecule has 8 heteroatoms. The predicted molar refractivity (Wildman–Crippen MR) is 126 cm³/mol. The molecule has 1 heterocycles. The molecule has 1 aliphatic carbocycles. The maximum Gasteiger partial charge on any atom is 0.416 e. The van der Waals surface area contributed by atoms with E-state index in [9.17, 15) is 18.0 Å². The van der Waals surface area contributed by atoms with Gasteiger partial charge in [0.25, 0.3) is 0 Å². The topological polar surface area (TPSA) is 56.1 Å². The van der Waals surface area contributed by atoms with E-state index < -0.39 is 17.7 Å². The number of fused-ring (bicyclic) bond motifs is 1. The van der Waals surface area contributed by atoms with Gasteiger partial charge in [0, 0.05) is 11.7 Å². The largest absolute Gasteiger partial charge is 0.465 e. The van der Waals surface area contributed by atoms with E-state index in [1.807, 2.05) is 13.0 Å². The van der Waals surface area contributed by atoms with Crippen molar-refractivity contribution in [3.63, 3.8) is 0 Å². The molecule has 34 heavy (non-hydrogen) atoms. The normalized spacial score (nSPS) is 20.4. The monoisotopic (exact) mass is 473 g/mol. The van der Waals surface area contributed by atoms with Crippen LogP contribution < -0.4 is 5.32 Å². The maximum atomic E-state index is 13.0. The second kappa shape index (κ2) is 8.64. The van der Waals surface area contributed by atoms with Crippen molar-refractivity contribution >= 4 is 28.6 Å². The molecule has 2 aromatic carbocycles. The van der Waals surface area contributed by atoms with Gasteiger partial charge >= 0.3 is 12.1 Å². The van der Waals surface area contributed by atoms with Crippen LogP contribution in [0, 0.1) is 18.3 Å². The van der Waals surface area contributed by atoms with E-state index in [0.29, 0.717) is 28.6 Å². The fourth-order valence-electron chi connectivity index (χ4n) is 5.40. The van der Waals surface area contributed by atoms with Crippen LogP contribution >= 0.6 is 0 Å². The molecule has 1 aliphatic rings. The highest BCUT2D eigenvalue weighted by Crippen LogP contribution is 2.46. The zero-order valence-electron chi connectivity index (χ0n) is 20.1. The van der Waals surface area contributed by atoms with E-state index in [-0.39, 0.29) is 11.5 Å². The minimum absolute atomic E-state index is 0.144. The molecule has 5 nitrogen and oxygen atoms in total. The number of alkyl halides is 3. The maximum absolute atomic E-state index is 13.0. The molecule has 2 atom stereocenters. The number of hydrogen-bond acceptors (Lipinski definition) is 4. The summed E-state index contributed by atoms with van der Waals surface area (Å²) in [5, 5.41) is 3.23. The Balaban J connectivity index is 1.82. The minimum Gasteiger partial charge on any atom is -0.465 e. The summed E-state index contributed by atoms with van der Waals surface area (Å²) in [6.45, 7) is 8.63. The summed E-state index contributed by atoms with van der Waals surface area (Å²) in [6.07, 6.45) is -1.35. The lowest BCUT2D eigenvalue weighted by molar-refractivity contribution is -0.137. The first kappa shape index (κ1) is 24.1. The van der Waals surface area contributed by atoms with Crippen molar-refractivity contribution in [2.45, 2.75) is 59.2 Å². The van der Waals surface area contributed by atoms with Gasteiger partial charge in [-0.3, -0.25) is 0 Å². The highest BCUT2D eigenvalue weighted by molar-refractivity contribution is 5.96. The number of benzene rings is 2. The molecule has 0 spiro atoms. The van der Waals surface area contributed by atoms with Crippen LogP contribution in [0.25, 0.3) is 11.0 Å². The number of aryl methyl sites for hydroxylation is 1. The number of esters is 1. The van der Waals surface area contributed by atoms with Crippen molar-refractivity contribution in [3.05, 3.63) is 53.1 Å². The number of carbonyl (C=O) groups excluding carboxylic acids is 1. The lowest BCUT2D eigenvalue weighted by Gasteiger charge is -2.40. The predicted octanol–water partition coefficient (Wildman–Crippen LogP) is 7.28. The number of ether oxygens (including phenoxy) is 1. The zero-order valence-corrected chi connectivity index (χ0v) is 20.1. The van der Waals surface area contributed by atoms with Crippen molar-refractivity contribution < 1.29 is 22.7 Å². The first-order valence-corrected chi connectivity index (χ1v) is 11.4. The molecule has 1 unspecified atom stereocenters. The molecule has 1 aromatic heterocycles. The van der Waals surface area contributed by atoms with Crippen LogP contribution in [0.5, 0.6) is 0 Å². The summed E-state index contributed by atoms with van der Waals surface area (Å²) in [5.41, 5.74) is 2.70. The Kier molecular flexibility index (Phi) is 6.12. The van der Waals surface area contributed by atoms with Crippen LogP contribution in [0.1, 0.15) is 67.6 Å². The van der Waals surface area contributed by atoms with Crippen LogP contribution in [0.3, 0.4) is 0 Å². The van der Waals surface area contributed by atoms with Crippen molar-refractivity contribution in [2.75, 3.05) is 12.4 Å². The Morgan fingerprint density at radius 3 is 2.44 bits per heavy atom. The lowest BCUT2D eigenvalue weighted by atomic mass is 9.70. The Morgan fingerprint density at radius 1 is 1.18 bits per heavy atom. The van der Waals surface area contributed by atoms with Crippen LogP contribution in [-0.2, 0) is 10.9 Å². The molecule has 0 radical (unpaired) electrons. The molecule has 3 aromatic rings. The van der Waals surface area contributed by atoms with E-state index >= 15 is 0 Å². The fraction of sp³-hybridized carbons (Fsp3) is 0.462. The van der Waals surface area contributed by atoms with Gasteiger partial charge in [-0.2, -0.15) is 13.2 Å². The number of halogens is 3. The smallest absolute Gasteiger partial charge is 0.416 e. The summed E-state index contributed by atoms with van der Waals surface area (Å²) >= 11 is 0. The summed E-state index contributed by atoms with van der Waals surface area (Å²) in [4.78, 5) is 17.0. The average molecular weight is 474 g/mol. The third-order valence-corrected chi connectivity index (χ3v) is 6.64. The van der Waals surface area contributed by atoms with Gasteiger partial charge in [-0.1, -0.05) is 20.8 Å². The van der Waals surface area contributed by atoms with Crippen LogP contribution in [0.4, 0.5) is 24.8 Å². The van der Waals surface area contributed by atoms with Crippen LogP contribution in [0.2, 0.25) is 0 Å². The molecule has 182 valence electrons. The molecule has 4 rings (SSSR count). The molecule has 0 aliphatic heterocycles. The third-order valence-electron chi connectivity index (χ3n) is 6.64. The van der Waals surface area contributed by atoms with E-state index in [4.69, 9.17) is 9.72 Å². The van der Waals surface area contributed by atoms with Gasteiger partial charge in [-0.25, -0.2) is 9.78 Å². The summed E-state index contributed by atoms with van der Waals surface area (Å²) in [5.74, 6) is 0.630. The first-order chi connectivity index (χ1) is 15.9. The molecule has 0 amide bonds. The quantitative estimate of drug-likeness (QED) is 0.405. The van der Waals surface area contributed by atoms with E-state index in [2.05, 4.69) is 30.7 Å².